The minimum Gasteiger partial charge on any atom is -0.368 e. The van der Waals surface area contributed by atoms with E-state index in [1.54, 1.807) is 6.92 Å². The number of alkyl halides is 3. The summed E-state index contributed by atoms with van der Waals surface area (Å²) in [5.74, 6) is -1.10. The molecule has 1 atom stereocenters. The van der Waals surface area contributed by atoms with Crippen LogP contribution in [0.3, 0.4) is 0 Å². The molecule has 0 heterocycles. The van der Waals surface area contributed by atoms with E-state index in [4.69, 9.17) is 5.73 Å². The molecule has 1 amide bonds. The highest BCUT2D eigenvalue weighted by molar-refractivity contribution is 5.81. The Hall–Kier alpha value is -2.41. The Morgan fingerprint density at radius 2 is 1.79 bits per heavy atom. The molecule has 2 rings (SSSR count). The molecule has 7 heteroatoms. The molecule has 0 saturated carbocycles. The van der Waals surface area contributed by atoms with Crippen LogP contribution < -0.4 is 11.1 Å². The summed E-state index contributed by atoms with van der Waals surface area (Å²) < 4.78 is 51.0. The van der Waals surface area contributed by atoms with E-state index < -0.39 is 29.5 Å². The zero-order chi connectivity index (χ0) is 17.9. The van der Waals surface area contributed by atoms with Gasteiger partial charge >= 0.3 is 6.18 Å². The molecule has 2 aromatic carbocycles. The number of amides is 1. The van der Waals surface area contributed by atoms with Crippen molar-refractivity contribution < 1.29 is 22.4 Å². The Balaban J connectivity index is 2.15. The molecule has 0 saturated heterocycles. The molecule has 0 bridgehead atoms. The third kappa shape index (κ3) is 4.32. The van der Waals surface area contributed by atoms with Crippen LogP contribution in [0.1, 0.15) is 28.3 Å². The maximum atomic E-state index is 13.0. The van der Waals surface area contributed by atoms with Gasteiger partial charge in [-0.1, -0.05) is 18.2 Å². The number of halogens is 4. The second-order valence-corrected chi connectivity index (χ2v) is 5.41. The van der Waals surface area contributed by atoms with Crippen LogP contribution in [0.5, 0.6) is 0 Å². The zero-order valence-electron chi connectivity index (χ0n) is 12.8. The summed E-state index contributed by atoms with van der Waals surface area (Å²) >= 11 is 0. The Labute approximate surface area is 136 Å². The average molecular weight is 340 g/mol. The minimum absolute atomic E-state index is 0.148. The average Bonchev–Trinajstić information content (AvgIpc) is 2.49. The maximum Gasteiger partial charge on any atom is 0.416 e. The van der Waals surface area contributed by atoms with Crippen LogP contribution in [0.2, 0.25) is 0 Å². The number of hydrogen-bond donors (Lipinski definition) is 2. The van der Waals surface area contributed by atoms with Gasteiger partial charge in [-0.3, -0.25) is 10.1 Å². The van der Waals surface area contributed by atoms with Crippen LogP contribution in [-0.4, -0.2) is 5.91 Å². The highest BCUT2D eigenvalue weighted by Crippen LogP contribution is 2.30. The topological polar surface area (TPSA) is 55.1 Å². The van der Waals surface area contributed by atoms with Gasteiger partial charge in [0.05, 0.1) is 5.56 Å². The standard InChI is InChI=1S/C17H16F4N2O/c1-10-8-13(17(19,20)21)5-2-12(10)9-23-15(16(22)24)11-3-6-14(18)7-4-11/h2-8,15,23H,9H2,1H3,(H2,22,24)/t15-/m1/s1. The van der Waals surface area contributed by atoms with Crippen molar-refractivity contribution in [2.45, 2.75) is 25.7 Å². The van der Waals surface area contributed by atoms with E-state index in [1.165, 1.54) is 30.3 Å². The van der Waals surface area contributed by atoms with Gasteiger partial charge in [-0.25, -0.2) is 4.39 Å². The first-order chi connectivity index (χ1) is 11.2. The van der Waals surface area contributed by atoms with E-state index in [2.05, 4.69) is 5.32 Å². The third-order valence-electron chi connectivity index (χ3n) is 3.65. The maximum absolute atomic E-state index is 13.0. The largest absolute Gasteiger partial charge is 0.416 e. The number of primary amides is 1. The van der Waals surface area contributed by atoms with Crippen molar-refractivity contribution in [1.29, 1.82) is 0 Å². The molecular weight excluding hydrogens is 324 g/mol. The smallest absolute Gasteiger partial charge is 0.368 e. The fourth-order valence-electron chi connectivity index (χ4n) is 2.32. The van der Waals surface area contributed by atoms with Crippen molar-refractivity contribution in [3.63, 3.8) is 0 Å². The fraction of sp³-hybridized carbons (Fsp3) is 0.235. The van der Waals surface area contributed by atoms with Gasteiger partial charge < -0.3 is 5.73 Å². The molecule has 3 nitrogen and oxygen atoms in total. The first kappa shape index (κ1) is 17.9. The molecule has 0 radical (unpaired) electrons. The van der Waals surface area contributed by atoms with Crippen LogP contribution >= 0.6 is 0 Å². The van der Waals surface area contributed by atoms with Gasteiger partial charge in [-0.2, -0.15) is 13.2 Å². The quantitative estimate of drug-likeness (QED) is 0.819. The molecular formula is C17H16F4N2O. The molecule has 3 N–H and O–H groups in total. The highest BCUT2D eigenvalue weighted by Gasteiger charge is 2.30. The van der Waals surface area contributed by atoms with Crippen LogP contribution in [-0.2, 0) is 17.5 Å². The van der Waals surface area contributed by atoms with E-state index >= 15 is 0 Å². The second kappa shape index (κ2) is 7.00. The lowest BCUT2D eigenvalue weighted by Crippen LogP contribution is -2.33. The number of aryl methyl sites for hydroxylation is 1. The third-order valence-corrected chi connectivity index (χ3v) is 3.65. The summed E-state index contributed by atoms with van der Waals surface area (Å²) in [6.07, 6.45) is -4.40. The SMILES string of the molecule is Cc1cc(C(F)(F)F)ccc1CN[C@@H](C(N)=O)c1ccc(F)cc1. The number of carbonyl (C=O) groups is 1. The van der Waals surface area contributed by atoms with Crippen molar-refractivity contribution in [2.75, 3.05) is 0 Å². The predicted octanol–water partition coefficient (Wildman–Crippen LogP) is 3.47. The zero-order valence-corrected chi connectivity index (χ0v) is 12.8. The molecule has 0 spiro atoms. The summed E-state index contributed by atoms with van der Waals surface area (Å²) in [6, 6.07) is 7.79. The normalized spacial score (nSPS) is 12.9. The molecule has 0 aliphatic carbocycles. The Morgan fingerprint density at radius 3 is 2.29 bits per heavy atom. The molecule has 0 aromatic heterocycles. The second-order valence-electron chi connectivity index (χ2n) is 5.41. The van der Waals surface area contributed by atoms with Crippen molar-refractivity contribution in [3.05, 3.63) is 70.5 Å². The first-order valence-corrected chi connectivity index (χ1v) is 7.13. The first-order valence-electron chi connectivity index (χ1n) is 7.13. The van der Waals surface area contributed by atoms with Crippen LogP contribution in [0, 0.1) is 12.7 Å². The Morgan fingerprint density at radius 1 is 1.17 bits per heavy atom. The van der Waals surface area contributed by atoms with Gasteiger partial charge in [-0.05, 0) is 47.9 Å². The van der Waals surface area contributed by atoms with E-state index in [-0.39, 0.29) is 6.54 Å². The van der Waals surface area contributed by atoms with Crippen molar-refractivity contribution >= 4 is 5.91 Å². The molecule has 0 unspecified atom stereocenters. The molecule has 2 aromatic rings. The molecule has 128 valence electrons. The Bertz CT molecular complexity index is 726. The lowest BCUT2D eigenvalue weighted by atomic mass is 10.0. The molecule has 0 aliphatic rings. The van der Waals surface area contributed by atoms with Gasteiger partial charge in [0, 0.05) is 6.54 Å². The van der Waals surface area contributed by atoms with Crippen LogP contribution in [0.4, 0.5) is 17.6 Å². The predicted molar refractivity (Wildman–Crippen MR) is 81.4 cm³/mol. The lowest BCUT2D eigenvalue weighted by Gasteiger charge is -2.17. The van der Waals surface area contributed by atoms with Gasteiger partial charge in [-0.15, -0.1) is 0 Å². The summed E-state index contributed by atoms with van der Waals surface area (Å²) in [4.78, 5) is 11.6. The number of rotatable bonds is 5. The molecule has 24 heavy (non-hydrogen) atoms. The van der Waals surface area contributed by atoms with Crippen LogP contribution in [0.15, 0.2) is 42.5 Å². The highest BCUT2D eigenvalue weighted by atomic mass is 19.4. The van der Waals surface area contributed by atoms with Gasteiger partial charge in [0.1, 0.15) is 11.9 Å². The van der Waals surface area contributed by atoms with E-state index in [0.29, 0.717) is 16.7 Å². The summed E-state index contributed by atoms with van der Waals surface area (Å²) in [6.45, 7) is 1.71. The molecule has 0 aliphatic heterocycles. The van der Waals surface area contributed by atoms with Gasteiger partial charge in [0.2, 0.25) is 5.91 Å². The summed E-state index contributed by atoms with van der Waals surface area (Å²) in [7, 11) is 0. The number of carbonyl (C=O) groups excluding carboxylic acids is 1. The van der Waals surface area contributed by atoms with E-state index in [0.717, 1.165) is 12.1 Å². The minimum atomic E-state index is -4.40. The number of hydrogen-bond acceptors (Lipinski definition) is 2. The summed E-state index contributed by atoms with van der Waals surface area (Å²) in [5.41, 5.74) is 6.15. The molecule has 0 fully saturated rings. The van der Waals surface area contributed by atoms with Crippen molar-refractivity contribution in [1.82, 2.24) is 5.32 Å². The lowest BCUT2D eigenvalue weighted by molar-refractivity contribution is -0.137. The van der Waals surface area contributed by atoms with Crippen molar-refractivity contribution in [3.8, 4) is 0 Å². The van der Waals surface area contributed by atoms with E-state index in [1.807, 2.05) is 0 Å². The monoisotopic (exact) mass is 340 g/mol. The van der Waals surface area contributed by atoms with Gasteiger partial charge in [0.25, 0.3) is 0 Å². The van der Waals surface area contributed by atoms with E-state index in [9.17, 15) is 22.4 Å². The number of nitrogens with one attached hydrogen (secondary N) is 1. The number of nitrogens with two attached hydrogens (primary N) is 1. The van der Waals surface area contributed by atoms with Crippen molar-refractivity contribution in [2.24, 2.45) is 5.73 Å². The summed E-state index contributed by atoms with van der Waals surface area (Å²) in [5, 5.41) is 2.89. The van der Waals surface area contributed by atoms with Gasteiger partial charge in [0.15, 0.2) is 0 Å². The van der Waals surface area contributed by atoms with Crippen LogP contribution in [0.25, 0.3) is 0 Å². The number of benzene rings is 2. The fourth-order valence-corrected chi connectivity index (χ4v) is 2.32. The Kier molecular flexibility index (Phi) is 5.23.